The van der Waals surface area contributed by atoms with Crippen molar-refractivity contribution in [3.05, 3.63) is 47.3 Å². The topological polar surface area (TPSA) is 114 Å². The molecule has 0 atom stereocenters. The highest BCUT2D eigenvalue weighted by molar-refractivity contribution is 5.94. The zero-order chi connectivity index (χ0) is 21.6. The summed E-state index contributed by atoms with van der Waals surface area (Å²) in [5.41, 5.74) is 1.61. The van der Waals surface area contributed by atoms with Crippen LogP contribution in [-0.4, -0.2) is 47.0 Å². The number of aromatic nitrogens is 1. The predicted molar refractivity (Wildman–Crippen MR) is 112 cm³/mol. The van der Waals surface area contributed by atoms with E-state index in [4.69, 9.17) is 29.0 Å². The lowest BCUT2D eigenvalue weighted by atomic mass is 10.1. The van der Waals surface area contributed by atoms with Crippen LogP contribution >= 0.6 is 0 Å². The van der Waals surface area contributed by atoms with E-state index >= 15 is 0 Å². The summed E-state index contributed by atoms with van der Waals surface area (Å²) in [4.78, 5) is 13.3. The molecule has 2 N–H and O–H groups in total. The van der Waals surface area contributed by atoms with Gasteiger partial charge in [-0.2, -0.15) is 0 Å². The highest BCUT2D eigenvalue weighted by atomic mass is 16.5. The molecule has 1 aromatic heterocycles. The number of unbranched alkanes of at least 4 members (excludes halogenated alkanes) is 4. The third-order valence-corrected chi connectivity index (χ3v) is 4.29. The summed E-state index contributed by atoms with van der Waals surface area (Å²) >= 11 is 0. The van der Waals surface area contributed by atoms with E-state index in [2.05, 4.69) is 10.1 Å². The Morgan fingerprint density at radius 2 is 1.83 bits per heavy atom. The summed E-state index contributed by atoms with van der Waals surface area (Å²) in [6.07, 6.45) is 6.50. The van der Waals surface area contributed by atoms with Crippen LogP contribution in [0.2, 0.25) is 0 Å². The molecule has 3 rings (SSSR count). The summed E-state index contributed by atoms with van der Waals surface area (Å²) in [5.74, 6) is 1.64. The van der Waals surface area contributed by atoms with Crippen molar-refractivity contribution in [3.63, 3.8) is 0 Å². The maximum Gasteiger partial charge on any atom is 0.300 e. The molecule has 0 saturated carbocycles. The second-order valence-electron chi connectivity index (χ2n) is 6.89. The van der Waals surface area contributed by atoms with E-state index in [0.717, 1.165) is 75.2 Å². The lowest BCUT2D eigenvalue weighted by molar-refractivity contribution is -0.134. The number of aliphatic hydroxyl groups excluding tert-OH is 1. The van der Waals surface area contributed by atoms with Gasteiger partial charge in [0.05, 0.1) is 19.8 Å². The summed E-state index contributed by atoms with van der Waals surface area (Å²) in [6.45, 7) is 3.18. The number of hydrogen-bond donors (Lipinski definition) is 2. The van der Waals surface area contributed by atoms with Gasteiger partial charge >= 0.3 is 0 Å². The van der Waals surface area contributed by atoms with Gasteiger partial charge in [-0.25, -0.2) is 4.99 Å². The minimum absolute atomic E-state index is 0.0608. The molecule has 0 radical (unpaired) electrons. The number of benzene rings is 1. The number of ether oxygens (including phenoxy) is 2. The second-order valence-corrected chi connectivity index (χ2v) is 6.89. The Morgan fingerprint density at radius 1 is 1.13 bits per heavy atom. The fraction of sp³-hybridized carbons (Fsp3) is 0.500. The number of aryl methyl sites for hydroxylation is 1. The third-order valence-electron chi connectivity index (χ3n) is 4.29. The fourth-order valence-corrected chi connectivity index (χ4v) is 2.87. The highest BCUT2D eigenvalue weighted by Crippen LogP contribution is 2.16. The van der Waals surface area contributed by atoms with Crippen molar-refractivity contribution in [1.29, 1.82) is 0 Å². The number of rotatable bonds is 11. The van der Waals surface area contributed by atoms with Gasteiger partial charge in [0.2, 0.25) is 5.90 Å². The Bertz CT molecular complexity index is 781. The van der Waals surface area contributed by atoms with Crippen LogP contribution in [0, 0.1) is 0 Å². The third kappa shape index (κ3) is 9.09. The van der Waals surface area contributed by atoms with E-state index in [1.807, 2.05) is 30.3 Å². The Kier molecular flexibility index (Phi) is 10.4. The summed E-state index contributed by atoms with van der Waals surface area (Å²) < 4.78 is 16.4. The van der Waals surface area contributed by atoms with Crippen molar-refractivity contribution in [3.8, 4) is 5.75 Å². The molecule has 8 nitrogen and oxygen atoms in total. The molecule has 2 aromatic rings. The zero-order valence-corrected chi connectivity index (χ0v) is 17.4. The Morgan fingerprint density at radius 3 is 2.47 bits per heavy atom. The highest BCUT2D eigenvalue weighted by Gasteiger charge is 2.09. The van der Waals surface area contributed by atoms with E-state index in [0.29, 0.717) is 12.3 Å². The van der Waals surface area contributed by atoms with Crippen molar-refractivity contribution in [1.82, 2.24) is 5.16 Å². The van der Waals surface area contributed by atoms with E-state index in [1.165, 1.54) is 6.42 Å². The normalized spacial score (nSPS) is 12.5. The van der Waals surface area contributed by atoms with Gasteiger partial charge in [-0.15, -0.1) is 0 Å². The molecule has 1 aliphatic rings. The molecule has 8 heteroatoms. The molecule has 2 heterocycles. The number of hydrogen-bond acceptors (Lipinski definition) is 7. The van der Waals surface area contributed by atoms with Crippen LogP contribution in [0.5, 0.6) is 5.75 Å². The van der Waals surface area contributed by atoms with Crippen molar-refractivity contribution in [2.45, 2.75) is 52.1 Å². The van der Waals surface area contributed by atoms with E-state index < -0.39 is 5.97 Å². The number of carbonyl (C=O) groups is 1. The first kappa shape index (κ1) is 23.4. The minimum Gasteiger partial charge on any atom is -0.494 e. The van der Waals surface area contributed by atoms with E-state index in [-0.39, 0.29) is 6.61 Å². The number of aliphatic carboxylic acids is 1. The molecule has 0 bridgehead atoms. The van der Waals surface area contributed by atoms with Gasteiger partial charge in [-0.1, -0.05) is 24.4 Å². The van der Waals surface area contributed by atoms with E-state index in [1.54, 1.807) is 0 Å². The van der Waals surface area contributed by atoms with Crippen LogP contribution in [-0.2, 0) is 22.6 Å². The number of nitrogens with zero attached hydrogens (tertiary/aromatic N) is 2. The van der Waals surface area contributed by atoms with Crippen LogP contribution < -0.4 is 4.74 Å². The molecule has 0 unspecified atom stereocenters. The Hall–Kier alpha value is -2.87. The predicted octanol–water partition coefficient (Wildman–Crippen LogP) is 3.61. The molecule has 0 aliphatic carbocycles. The first-order chi connectivity index (χ1) is 14.6. The molecule has 30 heavy (non-hydrogen) atoms. The zero-order valence-electron chi connectivity index (χ0n) is 17.4. The molecule has 164 valence electrons. The number of aliphatic imine (C=N–C) groups is 1. The van der Waals surface area contributed by atoms with Crippen molar-refractivity contribution >= 4 is 11.9 Å². The van der Waals surface area contributed by atoms with Crippen molar-refractivity contribution < 1.29 is 29.0 Å². The van der Waals surface area contributed by atoms with Crippen molar-refractivity contribution in [2.75, 3.05) is 19.8 Å². The molecule has 0 amide bonds. The Labute approximate surface area is 176 Å². The minimum atomic E-state index is -0.833. The number of carboxylic acid groups (broad SMARTS) is 1. The first-order valence-corrected chi connectivity index (χ1v) is 10.2. The molecule has 0 spiro atoms. The van der Waals surface area contributed by atoms with Crippen LogP contribution in [0.4, 0.5) is 0 Å². The maximum atomic E-state index is 9.00. The lowest BCUT2D eigenvalue weighted by Gasteiger charge is -2.07. The molecule has 0 fully saturated rings. The van der Waals surface area contributed by atoms with Gasteiger partial charge in [0.1, 0.15) is 23.8 Å². The molecular weight excluding hydrogens is 388 g/mol. The molecule has 1 aromatic carbocycles. The molecule has 1 aliphatic heterocycles. The monoisotopic (exact) mass is 418 g/mol. The standard InChI is InChI=1S/C20H26N2O4.C2H4O2/c23-15-17-14-19(26-22-17)6-4-2-1-3-5-12-24-18-9-7-16(8-10-18)20-21-11-13-25-20;1-2(3)4/h7-10,14,23H,1-6,11-13,15H2;1H3,(H,3,4). The van der Waals surface area contributed by atoms with Crippen LogP contribution in [0.25, 0.3) is 0 Å². The smallest absolute Gasteiger partial charge is 0.300 e. The van der Waals surface area contributed by atoms with Gasteiger partial charge < -0.3 is 24.2 Å². The quantitative estimate of drug-likeness (QED) is 0.536. The van der Waals surface area contributed by atoms with Crippen LogP contribution in [0.1, 0.15) is 56.0 Å². The lowest BCUT2D eigenvalue weighted by Crippen LogP contribution is -2.01. The van der Waals surface area contributed by atoms with Gasteiger partial charge in [0, 0.05) is 25.0 Å². The largest absolute Gasteiger partial charge is 0.494 e. The average Bonchev–Trinajstić information content (AvgIpc) is 3.42. The average molecular weight is 418 g/mol. The summed E-state index contributed by atoms with van der Waals surface area (Å²) in [6, 6.07) is 9.75. The van der Waals surface area contributed by atoms with Gasteiger partial charge in [0.25, 0.3) is 5.97 Å². The van der Waals surface area contributed by atoms with Crippen LogP contribution in [0.15, 0.2) is 39.8 Å². The Balaban J connectivity index is 0.000000735. The number of aliphatic hydroxyl groups is 1. The molecule has 0 saturated heterocycles. The fourth-order valence-electron chi connectivity index (χ4n) is 2.87. The maximum absolute atomic E-state index is 9.00. The van der Waals surface area contributed by atoms with Gasteiger partial charge in [-0.05, 0) is 37.1 Å². The van der Waals surface area contributed by atoms with Crippen LogP contribution in [0.3, 0.4) is 0 Å². The summed E-state index contributed by atoms with van der Waals surface area (Å²) in [7, 11) is 0. The number of carboxylic acids is 1. The first-order valence-electron chi connectivity index (χ1n) is 10.2. The second kappa shape index (κ2) is 13.4. The van der Waals surface area contributed by atoms with E-state index in [9.17, 15) is 0 Å². The summed E-state index contributed by atoms with van der Waals surface area (Å²) in [5, 5.41) is 20.1. The SMILES string of the molecule is CC(=O)O.OCc1cc(CCCCCCCOc2ccc(C3=NCCO3)cc2)on1. The van der Waals surface area contributed by atoms with Gasteiger partial charge in [-0.3, -0.25) is 4.79 Å². The van der Waals surface area contributed by atoms with Crippen molar-refractivity contribution in [2.24, 2.45) is 4.99 Å². The van der Waals surface area contributed by atoms with Gasteiger partial charge in [0.15, 0.2) is 0 Å². The molecular formula is C22H30N2O6.